The van der Waals surface area contributed by atoms with Crippen LogP contribution in [0.3, 0.4) is 0 Å². The molecule has 106 valence electrons. The largest absolute Gasteiger partial charge is 0.374 e. The first-order valence-electron chi connectivity index (χ1n) is 6.25. The molecule has 3 nitrogen and oxygen atoms in total. The van der Waals surface area contributed by atoms with Crippen LogP contribution in [0.15, 0.2) is 29.2 Å². The summed E-state index contributed by atoms with van der Waals surface area (Å²) in [6.07, 6.45) is 3.40. The fourth-order valence-electron chi connectivity index (χ4n) is 2.01. The number of para-hydroxylation sites is 1. The number of alkyl halides is 2. The van der Waals surface area contributed by atoms with Crippen LogP contribution >= 0.6 is 0 Å². The third-order valence-corrected chi connectivity index (χ3v) is 4.81. The molecule has 0 radical (unpaired) electrons. The lowest BCUT2D eigenvalue weighted by Gasteiger charge is -2.22. The first-order chi connectivity index (χ1) is 8.93. The maximum absolute atomic E-state index is 12.7. The highest BCUT2D eigenvalue weighted by molar-refractivity contribution is 7.91. The summed E-state index contributed by atoms with van der Waals surface area (Å²) >= 11 is 0. The molecule has 1 fully saturated rings. The molecule has 6 heteroatoms. The summed E-state index contributed by atoms with van der Waals surface area (Å²) in [5, 5.41) is 0. The van der Waals surface area contributed by atoms with Crippen LogP contribution in [0.4, 0.5) is 14.5 Å². The Kier molecular flexibility index (Phi) is 4.08. The van der Waals surface area contributed by atoms with E-state index in [-0.39, 0.29) is 4.90 Å². The second-order valence-corrected chi connectivity index (χ2v) is 6.81. The van der Waals surface area contributed by atoms with Gasteiger partial charge < -0.3 is 4.90 Å². The molecule has 0 aromatic heterocycles. The van der Waals surface area contributed by atoms with E-state index in [2.05, 4.69) is 0 Å². The van der Waals surface area contributed by atoms with Crippen LogP contribution in [-0.4, -0.2) is 27.8 Å². The van der Waals surface area contributed by atoms with Gasteiger partial charge >= 0.3 is 5.76 Å². The molecule has 0 N–H and O–H groups in total. The van der Waals surface area contributed by atoms with Crippen LogP contribution in [-0.2, 0) is 9.84 Å². The first-order valence-corrected chi connectivity index (χ1v) is 7.80. The molecule has 0 atom stereocenters. The van der Waals surface area contributed by atoms with Crippen molar-refractivity contribution in [2.45, 2.75) is 29.9 Å². The Morgan fingerprint density at radius 1 is 1.32 bits per heavy atom. The van der Waals surface area contributed by atoms with Crippen LogP contribution in [0, 0.1) is 5.92 Å². The standard InChI is InChI=1S/C13H17F2NO2S/c1-16(9-8-10-6-7-10)11-4-2-3-5-12(11)19(17,18)13(14)15/h2-5,10,13H,6-9H2,1H3. The van der Waals surface area contributed by atoms with Crippen molar-refractivity contribution in [1.29, 1.82) is 0 Å². The molecule has 1 aromatic rings. The summed E-state index contributed by atoms with van der Waals surface area (Å²) in [6.45, 7) is 0.681. The molecule has 0 saturated heterocycles. The molecule has 19 heavy (non-hydrogen) atoms. The van der Waals surface area contributed by atoms with E-state index >= 15 is 0 Å². The smallest absolute Gasteiger partial charge is 0.341 e. The quantitative estimate of drug-likeness (QED) is 0.808. The van der Waals surface area contributed by atoms with Crippen molar-refractivity contribution in [1.82, 2.24) is 0 Å². The van der Waals surface area contributed by atoms with E-state index in [0.29, 0.717) is 18.2 Å². The lowest BCUT2D eigenvalue weighted by molar-refractivity contribution is 0.235. The van der Waals surface area contributed by atoms with Gasteiger partial charge in [-0.2, -0.15) is 8.78 Å². The first kappa shape index (κ1) is 14.2. The highest BCUT2D eigenvalue weighted by Crippen LogP contribution is 2.34. The van der Waals surface area contributed by atoms with Gasteiger partial charge in [-0.1, -0.05) is 25.0 Å². The SMILES string of the molecule is CN(CCC1CC1)c1ccccc1S(=O)(=O)C(F)F. The molecule has 1 aromatic carbocycles. The Balaban J connectivity index is 2.24. The van der Waals surface area contributed by atoms with Gasteiger partial charge in [0.15, 0.2) is 0 Å². The zero-order chi connectivity index (χ0) is 14.0. The minimum atomic E-state index is -4.55. The zero-order valence-corrected chi connectivity index (χ0v) is 11.5. The van der Waals surface area contributed by atoms with Crippen molar-refractivity contribution in [3.05, 3.63) is 24.3 Å². The molecule has 0 amide bonds. The highest BCUT2D eigenvalue weighted by Gasteiger charge is 2.30. The molecule has 0 aliphatic heterocycles. The molecule has 1 saturated carbocycles. The average Bonchev–Trinajstić information content (AvgIpc) is 3.19. The third kappa shape index (κ3) is 3.23. The number of hydrogen-bond donors (Lipinski definition) is 0. The Bertz CT molecular complexity index is 541. The topological polar surface area (TPSA) is 37.4 Å². The number of rotatable bonds is 6. The van der Waals surface area contributed by atoms with Crippen LogP contribution < -0.4 is 4.90 Å². The van der Waals surface area contributed by atoms with Crippen molar-refractivity contribution in [2.24, 2.45) is 5.92 Å². The van der Waals surface area contributed by atoms with Crippen molar-refractivity contribution in [3.8, 4) is 0 Å². The Morgan fingerprint density at radius 2 is 1.95 bits per heavy atom. The third-order valence-electron chi connectivity index (χ3n) is 3.39. The lowest BCUT2D eigenvalue weighted by atomic mass is 10.2. The van der Waals surface area contributed by atoms with E-state index in [4.69, 9.17) is 0 Å². The molecule has 0 unspecified atom stereocenters. The van der Waals surface area contributed by atoms with Gasteiger partial charge in [-0.05, 0) is 24.5 Å². The number of benzene rings is 1. The highest BCUT2D eigenvalue weighted by atomic mass is 32.2. The molecule has 2 rings (SSSR count). The fourth-order valence-corrected chi connectivity index (χ4v) is 2.99. The number of nitrogens with zero attached hydrogens (tertiary/aromatic N) is 1. The molecule has 0 bridgehead atoms. The van der Waals surface area contributed by atoms with Crippen LogP contribution in [0.1, 0.15) is 19.3 Å². The second kappa shape index (κ2) is 5.45. The molecule has 1 aliphatic carbocycles. The predicted molar refractivity (Wildman–Crippen MR) is 70.2 cm³/mol. The Labute approximate surface area is 112 Å². The van der Waals surface area contributed by atoms with Crippen molar-refractivity contribution in [2.75, 3.05) is 18.5 Å². The normalized spacial score (nSPS) is 15.8. The van der Waals surface area contributed by atoms with E-state index in [1.807, 2.05) is 0 Å². The lowest BCUT2D eigenvalue weighted by Crippen LogP contribution is -2.23. The van der Waals surface area contributed by atoms with Crippen LogP contribution in [0.5, 0.6) is 0 Å². The molecular formula is C13H17F2NO2S. The van der Waals surface area contributed by atoms with Crippen LogP contribution in [0.25, 0.3) is 0 Å². The monoisotopic (exact) mass is 289 g/mol. The molecule has 1 aliphatic rings. The van der Waals surface area contributed by atoms with Gasteiger partial charge in [0, 0.05) is 13.6 Å². The number of sulfone groups is 1. The molecular weight excluding hydrogens is 272 g/mol. The van der Waals surface area contributed by atoms with Gasteiger partial charge in [-0.25, -0.2) is 8.42 Å². The number of halogens is 2. The number of anilines is 1. The maximum Gasteiger partial charge on any atom is 0.341 e. The van der Waals surface area contributed by atoms with E-state index in [1.54, 1.807) is 24.1 Å². The van der Waals surface area contributed by atoms with Crippen LogP contribution in [0.2, 0.25) is 0 Å². The maximum atomic E-state index is 12.7. The van der Waals surface area contributed by atoms with E-state index in [0.717, 1.165) is 6.42 Å². The Morgan fingerprint density at radius 3 is 2.53 bits per heavy atom. The van der Waals surface area contributed by atoms with Crippen molar-refractivity contribution in [3.63, 3.8) is 0 Å². The van der Waals surface area contributed by atoms with Gasteiger partial charge in [0.25, 0.3) is 0 Å². The summed E-state index contributed by atoms with van der Waals surface area (Å²) in [5.74, 6) is -2.67. The van der Waals surface area contributed by atoms with Gasteiger partial charge in [0.2, 0.25) is 9.84 Å². The average molecular weight is 289 g/mol. The van der Waals surface area contributed by atoms with E-state index in [9.17, 15) is 17.2 Å². The Hall–Kier alpha value is -1.17. The summed E-state index contributed by atoms with van der Waals surface area (Å²) in [5.41, 5.74) is 0.350. The molecule has 0 heterocycles. The minimum Gasteiger partial charge on any atom is -0.374 e. The van der Waals surface area contributed by atoms with Gasteiger partial charge in [0.1, 0.15) is 0 Å². The van der Waals surface area contributed by atoms with Gasteiger partial charge in [-0.3, -0.25) is 0 Å². The predicted octanol–water partition coefficient (Wildman–Crippen LogP) is 2.92. The molecule has 0 spiro atoms. The zero-order valence-electron chi connectivity index (χ0n) is 10.7. The van der Waals surface area contributed by atoms with Gasteiger partial charge in [-0.15, -0.1) is 0 Å². The summed E-state index contributed by atoms with van der Waals surface area (Å²) in [4.78, 5) is 1.46. The fraction of sp³-hybridized carbons (Fsp3) is 0.538. The van der Waals surface area contributed by atoms with E-state index in [1.165, 1.54) is 25.0 Å². The van der Waals surface area contributed by atoms with Crippen molar-refractivity contribution < 1.29 is 17.2 Å². The number of hydrogen-bond acceptors (Lipinski definition) is 3. The minimum absolute atomic E-state index is 0.289. The summed E-state index contributed by atoms with van der Waals surface area (Å²) in [7, 11) is -2.81. The van der Waals surface area contributed by atoms with E-state index < -0.39 is 15.6 Å². The summed E-state index contributed by atoms with van der Waals surface area (Å²) < 4.78 is 48.6. The van der Waals surface area contributed by atoms with Crippen molar-refractivity contribution >= 4 is 15.5 Å². The van der Waals surface area contributed by atoms with Gasteiger partial charge in [0.05, 0.1) is 10.6 Å². The second-order valence-electron chi connectivity index (χ2n) is 4.93. The summed E-state index contributed by atoms with van der Waals surface area (Å²) in [6, 6.07) is 5.94.